The predicted octanol–water partition coefficient (Wildman–Crippen LogP) is -0.0508. The van der Waals surface area contributed by atoms with Crippen LogP contribution in [-0.2, 0) is 0 Å². The number of nitrogens with one attached hydrogen (secondary N) is 1. The van der Waals surface area contributed by atoms with E-state index in [-0.39, 0.29) is 0 Å². The molecule has 1 heterocycles. The van der Waals surface area contributed by atoms with Crippen molar-refractivity contribution in [1.29, 1.82) is 0 Å². The van der Waals surface area contributed by atoms with Gasteiger partial charge in [-0.25, -0.2) is 9.78 Å². The molecule has 0 fully saturated rings. The number of aliphatic hydroxyl groups excluding tert-OH is 2. The van der Waals surface area contributed by atoms with Crippen molar-refractivity contribution in [2.24, 2.45) is 0 Å². The van der Waals surface area contributed by atoms with Crippen molar-refractivity contribution in [2.45, 2.75) is 18.6 Å². The molecule has 14 heavy (non-hydrogen) atoms. The fourth-order valence-electron chi connectivity index (χ4n) is 1.01. The van der Waals surface area contributed by atoms with Gasteiger partial charge in [-0.3, -0.25) is 0 Å². The lowest BCUT2D eigenvalue weighted by atomic mass is 10.1. The van der Waals surface area contributed by atoms with E-state index in [0.717, 1.165) is 0 Å². The van der Waals surface area contributed by atoms with Crippen LogP contribution in [0.5, 0.6) is 0 Å². The quantitative estimate of drug-likeness (QED) is 0.665. The average molecular weight is 263 g/mol. The minimum Gasteiger partial charge on any atom is -0.390 e. The minimum absolute atomic E-state index is 0.401. The Morgan fingerprint density at radius 2 is 2.29 bits per heavy atom. The van der Waals surface area contributed by atoms with Crippen LogP contribution in [0, 0.1) is 0 Å². The summed E-state index contributed by atoms with van der Waals surface area (Å²) in [5, 5.41) is 19.6. The molecule has 6 heteroatoms. The molecule has 0 aliphatic rings. The third-order valence-corrected chi connectivity index (χ3v) is 2.26. The maximum atomic E-state index is 10.6. The summed E-state index contributed by atoms with van der Waals surface area (Å²) in [6.07, 6.45) is 1.15. The van der Waals surface area contributed by atoms with Crippen LogP contribution in [0.15, 0.2) is 17.2 Å². The van der Waals surface area contributed by atoms with Gasteiger partial charge in [0.2, 0.25) is 0 Å². The van der Waals surface area contributed by atoms with E-state index in [2.05, 4.69) is 25.9 Å². The summed E-state index contributed by atoms with van der Waals surface area (Å²) in [6.45, 7) is 0. The first-order valence-corrected chi connectivity index (χ1v) is 5.24. The van der Waals surface area contributed by atoms with Crippen LogP contribution in [-0.4, -0.2) is 31.6 Å². The monoisotopic (exact) mass is 262 g/mol. The normalized spacial score (nSPS) is 15.1. The second-order valence-corrected chi connectivity index (χ2v) is 3.63. The summed E-state index contributed by atoms with van der Waals surface area (Å²) >= 11 is 3.16. The Kier molecular flexibility index (Phi) is 4.24. The summed E-state index contributed by atoms with van der Waals surface area (Å²) < 4.78 is 0. The van der Waals surface area contributed by atoms with Gasteiger partial charge < -0.3 is 15.2 Å². The molecule has 0 saturated heterocycles. The van der Waals surface area contributed by atoms with E-state index in [0.29, 0.717) is 17.3 Å². The number of aromatic nitrogens is 2. The number of aromatic amines is 1. The molecule has 78 valence electrons. The second-order valence-electron chi connectivity index (χ2n) is 2.84. The Labute approximate surface area is 88.9 Å². The molecule has 1 aromatic heterocycles. The Morgan fingerprint density at radius 3 is 2.79 bits per heavy atom. The standard InChI is InChI=1S/C8H11BrN2O3/c9-2-1-6(12)7(13)5-3-10-8(14)11-4-5/h3-4,6-7,12-13H,1-2H2,(H,10,11,14). The summed E-state index contributed by atoms with van der Waals surface area (Å²) in [5.41, 5.74) is -0.0750. The van der Waals surface area contributed by atoms with Crippen LogP contribution in [0.3, 0.4) is 0 Å². The first-order valence-electron chi connectivity index (χ1n) is 4.12. The molecule has 2 unspecified atom stereocenters. The summed E-state index contributed by atoms with van der Waals surface area (Å²) in [4.78, 5) is 16.4. The molecule has 0 aliphatic heterocycles. The number of H-pyrrole nitrogens is 1. The SMILES string of the molecule is O=c1ncc(C(O)C(O)CCBr)c[nH]1. The van der Waals surface area contributed by atoms with E-state index in [9.17, 15) is 15.0 Å². The zero-order chi connectivity index (χ0) is 10.6. The van der Waals surface area contributed by atoms with Crippen molar-refractivity contribution in [3.05, 3.63) is 28.4 Å². The third-order valence-electron chi connectivity index (χ3n) is 1.80. The Hall–Kier alpha value is -0.720. The highest BCUT2D eigenvalue weighted by molar-refractivity contribution is 9.09. The van der Waals surface area contributed by atoms with Gasteiger partial charge in [-0.05, 0) is 6.42 Å². The van der Waals surface area contributed by atoms with Crippen LogP contribution in [0.2, 0.25) is 0 Å². The number of rotatable bonds is 4. The van der Waals surface area contributed by atoms with Crippen molar-refractivity contribution < 1.29 is 10.2 Å². The van der Waals surface area contributed by atoms with Crippen molar-refractivity contribution in [3.8, 4) is 0 Å². The fourth-order valence-corrected chi connectivity index (χ4v) is 1.48. The molecule has 5 nitrogen and oxygen atoms in total. The van der Waals surface area contributed by atoms with Gasteiger partial charge in [0.1, 0.15) is 6.10 Å². The first-order chi connectivity index (χ1) is 6.65. The van der Waals surface area contributed by atoms with Crippen LogP contribution >= 0.6 is 15.9 Å². The molecule has 0 spiro atoms. The molecule has 0 bridgehead atoms. The smallest absolute Gasteiger partial charge is 0.344 e. The molecule has 0 aromatic carbocycles. The Bertz CT molecular complexity index is 321. The van der Waals surface area contributed by atoms with E-state index < -0.39 is 17.9 Å². The molecule has 1 rings (SSSR count). The molecule has 0 aliphatic carbocycles. The second kappa shape index (κ2) is 5.23. The van der Waals surface area contributed by atoms with Crippen molar-refractivity contribution >= 4 is 15.9 Å². The number of hydrogen-bond donors (Lipinski definition) is 3. The van der Waals surface area contributed by atoms with E-state index in [4.69, 9.17) is 0 Å². The highest BCUT2D eigenvalue weighted by Crippen LogP contribution is 2.16. The first kappa shape index (κ1) is 11.4. The largest absolute Gasteiger partial charge is 0.390 e. The minimum atomic E-state index is -1.02. The van der Waals surface area contributed by atoms with Crippen molar-refractivity contribution in [3.63, 3.8) is 0 Å². The van der Waals surface area contributed by atoms with Gasteiger partial charge in [0.25, 0.3) is 0 Å². The number of halogens is 1. The van der Waals surface area contributed by atoms with Gasteiger partial charge in [-0.2, -0.15) is 0 Å². The highest BCUT2D eigenvalue weighted by atomic mass is 79.9. The summed E-state index contributed by atoms with van der Waals surface area (Å²) in [7, 11) is 0. The zero-order valence-corrected chi connectivity index (χ0v) is 8.94. The van der Waals surface area contributed by atoms with Gasteiger partial charge in [0.05, 0.1) is 6.10 Å². The molecule has 0 amide bonds. The Morgan fingerprint density at radius 1 is 1.57 bits per heavy atom. The van der Waals surface area contributed by atoms with Gasteiger partial charge in [-0.1, -0.05) is 15.9 Å². The predicted molar refractivity (Wildman–Crippen MR) is 54.2 cm³/mol. The molecular formula is C8H11BrN2O3. The van der Waals surface area contributed by atoms with Crippen LogP contribution < -0.4 is 5.69 Å². The fraction of sp³-hybridized carbons (Fsp3) is 0.500. The molecule has 2 atom stereocenters. The lowest BCUT2D eigenvalue weighted by Crippen LogP contribution is -2.20. The topological polar surface area (TPSA) is 86.2 Å². The summed E-state index contributed by atoms with van der Waals surface area (Å²) in [6, 6.07) is 0. The van der Waals surface area contributed by atoms with Crippen LogP contribution in [0.1, 0.15) is 18.1 Å². The number of alkyl halides is 1. The van der Waals surface area contributed by atoms with Gasteiger partial charge >= 0.3 is 5.69 Å². The Balaban J connectivity index is 2.73. The number of hydrogen-bond acceptors (Lipinski definition) is 4. The van der Waals surface area contributed by atoms with E-state index in [1.807, 2.05) is 0 Å². The van der Waals surface area contributed by atoms with Crippen LogP contribution in [0.4, 0.5) is 0 Å². The third kappa shape index (κ3) is 2.90. The van der Waals surface area contributed by atoms with Gasteiger partial charge in [0, 0.05) is 23.3 Å². The van der Waals surface area contributed by atoms with E-state index in [1.165, 1.54) is 12.4 Å². The maximum absolute atomic E-state index is 10.6. The zero-order valence-electron chi connectivity index (χ0n) is 7.35. The molecule has 0 radical (unpaired) electrons. The lowest BCUT2D eigenvalue weighted by Gasteiger charge is -2.16. The van der Waals surface area contributed by atoms with Gasteiger partial charge in [0.15, 0.2) is 0 Å². The molecule has 0 saturated carbocycles. The van der Waals surface area contributed by atoms with Crippen LogP contribution in [0.25, 0.3) is 0 Å². The lowest BCUT2D eigenvalue weighted by molar-refractivity contribution is 0.0169. The number of nitrogens with zero attached hydrogens (tertiary/aromatic N) is 1. The van der Waals surface area contributed by atoms with Gasteiger partial charge in [-0.15, -0.1) is 0 Å². The molecule has 3 N–H and O–H groups in total. The maximum Gasteiger partial charge on any atom is 0.344 e. The van der Waals surface area contributed by atoms with E-state index in [1.54, 1.807) is 0 Å². The molecule has 1 aromatic rings. The molecular weight excluding hydrogens is 252 g/mol. The van der Waals surface area contributed by atoms with Crippen molar-refractivity contribution in [1.82, 2.24) is 9.97 Å². The average Bonchev–Trinajstić information content (AvgIpc) is 2.18. The summed E-state index contributed by atoms with van der Waals surface area (Å²) in [5.74, 6) is 0. The number of aliphatic hydroxyl groups is 2. The highest BCUT2D eigenvalue weighted by Gasteiger charge is 2.17. The van der Waals surface area contributed by atoms with E-state index >= 15 is 0 Å². The van der Waals surface area contributed by atoms with Crippen molar-refractivity contribution in [2.75, 3.05) is 5.33 Å².